The average molecular weight is 533 g/mol. The number of amides is 1. The van der Waals surface area contributed by atoms with Crippen molar-refractivity contribution in [2.45, 2.75) is 57.5 Å². The van der Waals surface area contributed by atoms with Gasteiger partial charge in [0.15, 0.2) is 17.4 Å². The van der Waals surface area contributed by atoms with Gasteiger partial charge >= 0.3 is 12.1 Å². The van der Waals surface area contributed by atoms with E-state index in [0.29, 0.717) is 0 Å². The zero-order valence-electron chi connectivity index (χ0n) is 20.9. The highest BCUT2D eigenvalue weighted by Crippen LogP contribution is 2.50. The Morgan fingerprint density at radius 3 is 1.92 bits per heavy atom. The molecule has 1 amide bonds. The Bertz CT molecular complexity index is 1390. The fourth-order valence-corrected chi connectivity index (χ4v) is 5.53. The van der Waals surface area contributed by atoms with Crippen LogP contribution < -0.4 is 5.32 Å². The number of alkyl halides is 3. The third kappa shape index (κ3) is 3.79. The number of ether oxygens (including phenoxy) is 2. The monoisotopic (exact) mass is 533 g/mol. The van der Waals surface area contributed by atoms with Crippen LogP contribution >= 0.6 is 0 Å². The van der Waals surface area contributed by atoms with Crippen LogP contribution in [0.2, 0.25) is 0 Å². The van der Waals surface area contributed by atoms with Crippen molar-refractivity contribution in [3.05, 3.63) is 57.6 Å². The van der Waals surface area contributed by atoms with Gasteiger partial charge in [-0.05, 0) is 19.8 Å². The van der Waals surface area contributed by atoms with Crippen LogP contribution in [0.1, 0.15) is 70.2 Å². The molecule has 202 valence electrons. The molecule has 8 nitrogen and oxygen atoms in total. The molecule has 1 saturated heterocycles. The maximum atomic E-state index is 13.4. The van der Waals surface area contributed by atoms with Crippen LogP contribution in [0.25, 0.3) is 0 Å². The Balaban J connectivity index is 1.66. The van der Waals surface area contributed by atoms with Gasteiger partial charge in [0, 0.05) is 34.1 Å². The lowest BCUT2D eigenvalue weighted by Crippen LogP contribution is -2.71. The summed E-state index contributed by atoms with van der Waals surface area (Å²) < 4.78 is 52.2. The minimum absolute atomic E-state index is 0.0280. The highest BCUT2D eigenvalue weighted by molar-refractivity contribution is 6.30. The van der Waals surface area contributed by atoms with Crippen LogP contribution in [0.4, 0.5) is 13.2 Å². The number of fused-ring (bicyclic) bond motifs is 3. The molecule has 0 unspecified atom stereocenters. The van der Waals surface area contributed by atoms with Gasteiger partial charge in [-0.2, -0.15) is 13.2 Å². The molecule has 1 atom stereocenters. The van der Waals surface area contributed by atoms with E-state index >= 15 is 0 Å². The van der Waals surface area contributed by atoms with Crippen LogP contribution in [0.5, 0.6) is 11.5 Å². The number of carbonyl (C=O) groups excluding carboxylic acids is 3. The van der Waals surface area contributed by atoms with Gasteiger partial charge in [0.1, 0.15) is 11.5 Å². The lowest BCUT2D eigenvalue weighted by atomic mass is 9.69. The second-order valence-electron chi connectivity index (χ2n) is 11.0. The van der Waals surface area contributed by atoms with E-state index in [-0.39, 0.29) is 53.9 Å². The summed E-state index contributed by atoms with van der Waals surface area (Å²) in [6.45, 7) is 5.35. The van der Waals surface area contributed by atoms with Gasteiger partial charge in [-0.25, -0.2) is 0 Å². The predicted molar refractivity (Wildman–Crippen MR) is 126 cm³/mol. The fourth-order valence-electron chi connectivity index (χ4n) is 5.53. The smallest absolute Gasteiger partial charge is 0.471 e. The van der Waals surface area contributed by atoms with Gasteiger partial charge in [0.2, 0.25) is 0 Å². The van der Waals surface area contributed by atoms with Gasteiger partial charge in [-0.15, -0.1) is 0 Å². The SMILES string of the molecule is CC1(C)COC(C)([C@@]2(NC(=O)C(F)(F)F)CCc3c(O)c4c(c(O)c3C2)C(=O)c2ccccc2C4=O)OC1. The Morgan fingerprint density at radius 2 is 1.42 bits per heavy atom. The Morgan fingerprint density at radius 1 is 0.921 bits per heavy atom. The number of ketones is 2. The average Bonchev–Trinajstić information content (AvgIpc) is 2.86. The first kappa shape index (κ1) is 26.2. The van der Waals surface area contributed by atoms with Gasteiger partial charge in [-0.3, -0.25) is 14.4 Å². The number of carbonyl (C=O) groups is 3. The Labute approximate surface area is 215 Å². The largest absolute Gasteiger partial charge is 0.507 e. The molecule has 0 bridgehead atoms. The molecule has 5 rings (SSSR count). The molecular weight excluding hydrogens is 507 g/mol. The lowest BCUT2D eigenvalue weighted by Gasteiger charge is -2.54. The number of phenolic OH excluding ortho intramolecular Hbond substituents is 2. The Hall–Kier alpha value is -3.44. The lowest BCUT2D eigenvalue weighted by molar-refractivity contribution is -0.324. The Kier molecular flexibility index (Phi) is 5.70. The summed E-state index contributed by atoms with van der Waals surface area (Å²) in [6, 6.07) is 5.96. The number of nitrogens with one attached hydrogen (secondary N) is 1. The minimum atomic E-state index is -5.22. The van der Waals surface area contributed by atoms with Gasteiger partial charge in [0.25, 0.3) is 0 Å². The summed E-state index contributed by atoms with van der Waals surface area (Å²) in [5.41, 5.74) is -2.91. The van der Waals surface area contributed by atoms with E-state index in [9.17, 15) is 37.8 Å². The third-order valence-corrected chi connectivity index (χ3v) is 7.77. The van der Waals surface area contributed by atoms with E-state index in [2.05, 4.69) is 5.32 Å². The molecule has 2 aliphatic carbocycles. The second kappa shape index (κ2) is 8.28. The number of phenols is 2. The van der Waals surface area contributed by atoms with Crippen LogP contribution in [0, 0.1) is 5.41 Å². The third-order valence-electron chi connectivity index (χ3n) is 7.77. The molecular formula is C27H26F3NO7. The predicted octanol–water partition coefficient (Wildman–Crippen LogP) is 3.57. The molecule has 38 heavy (non-hydrogen) atoms. The van der Waals surface area contributed by atoms with Crippen molar-refractivity contribution in [2.75, 3.05) is 13.2 Å². The number of hydrogen-bond donors (Lipinski definition) is 3. The molecule has 1 aliphatic heterocycles. The van der Waals surface area contributed by atoms with Crippen molar-refractivity contribution in [3.8, 4) is 11.5 Å². The van der Waals surface area contributed by atoms with Crippen LogP contribution in [-0.4, -0.2) is 58.4 Å². The van der Waals surface area contributed by atoms with Crippen molar-refractivity contribution < 1.29 is 47.2 Å². The summed E-state index contributed by atoms with van der Waals surface area (Å²) in [5, 5.41) is 24.5. The summed E-state index contributed by atoms with van der Waals surface area (Å²) in [4.78, 5) is 38.8. The van der Waals surface area contributed by atoms with Crippen molar-refractivity contribution in [3.63, 3.8) is 0 Å². The first-order valence-corrected chi connectivity index (χ1v) is 12.1. The van der Waals surface area contributed by atoms with Crippen LogP contribution in [0.3, 0.4) is 0 Å². The summed E-state index contributed by atoms with van der Waals surface area (Å²) in [5.74, 6) is -6.48. The molecule has 11 heteroatoms. The second-order valence-corrected chi connectivity index (χ2v) is 11.0. The zero-order chi connectivity index (χ0) is 27.8. The molecule has 3 N–H and O–H groups in total. The fraction of sp³-hybridized carbons (Fsp3) is 0.444. The minimum Gasteiger partial charge on any atom is -0.507 e. The van der Waals surface area contributed by atoms with Gasteiger partial charge in [-0.1, -0.05) is 38.1 Å². The van der Waals surface area contributed by atoms with E-state index in [0.717, 1.165) is 0 Å². The first-order valence-electron chi connectivity index (χ1n) is 12.1. The molecule has 2 aromatic carbocycles. The van der Waals surface area contributed by atoms with Crippen molar-refractivity contribution >= 4 is 17.5 Å². The topological polar surface area (TPSA) is 122 Å². The van der Waals surface area contributed by atoms with E-state index in [1.807, 2.05) is 13.8 Å². The van der Waals surface area contributed by atoms with Crippen molar-refractivity contribution in [1.82, 2.24) is 5.32 Å². The molecule has 0 aromatic heterocycles. The number of aromatic hydroxyl groups is 2. The summed E-state index contributed by atoms with van der Waals surface area (Å²) in [6.07, 6.45) is -6.00. The van der Waals surface area contributed by atoms with Crippen LogP contribution in [0.15, 0.2) is 24.3 Å². The molecule has 1 fully saturated rings. The molecule has 0 radical (unpaired) electrons. The summed E-state index contributed by atoms with van der Waals surface area (Å²) >= 11 is 0. The van der Waals surface area contributed by atoms with Crippen LogP contribution in [-0.2, 0) is 27.1 Å². The van der Waals surface area contributed by atoms with Gasteiger partial charge in [0.05, 0.1) is 29.9 Å². The van der Waals surface area contributed by atoms with E-state index in [4.69, 9.17) is 9.47 Å². The van der Waals surface area contributed by atoms with Gasteiger partial charge < -0.3 is 25.0 Å². The molecule has 3 aliphatic rings. The van der Waals surface area contributed by atoms with E-state index in [1.54, 1.807) is 12.1 Å². The zero-order valence-corrected chi connectivity index (χ0v) is 20.9. The standard InChI is InChI=1S/C27H26F3NO7/c1-24(2)11-37-25(3,38-12-24)26(31-23(36)27(28,29)30)9-8-15-16(10-26)22(35)18-17(21(15)34)19(32)13-6-4-5-7-14(13)20(18)33/h4-7,34-35H,8-12H2,1-3H3,(H,31,36)/t26-/m1/s1. The number of benzene rings is 2. The van der Waals surface area contributed by atoms with Crippen molar-refractivity contribution in [2.24, 2.45) is 5.41 Å². The quantitative estimate of drug-likeness (QED) is 0.431. The maximum absolute atomic E-state index is 13.4. The molecule has 0 saturated carbocycles. The van der Waals surface area contributed by atoms with E-state index in [1.165, 1.54) is 19.1 Å². The highest BCUT2D eigenvalue weighted by Gasteiger charge is 2.59. The molecule has 1 heterocycles. The maximum Gasteiger partial charge on any atom is 0.471 e. The normalized spacial score (nSPS) is 23.7. The highest BCUT2D eigenvalue weighted by atomic mass is 19.4. The number of halogens is 3. The number of rotatable bonds is 2. The van der Waals surface area contributed by atoms with E-state index < -0.39 is 63.9 Å². The van der Waals surface area contributed by atoms with Crippen molar-refractivity contribution in [1.29, 1.82) is 0 Å². The number of hydrogen-bond acceptors (Lipinski definition) is 7. The summed E-state index contributed by atoms with van der Waals surface area (Å²) in [7, 11) is 0. The molecule has 0 spiro atoms. The molecule has 2 aromatic rings. The first-order chi connectivity index (χ1) is 17.6.